The minimum Gasteiger partial charge on any atom is -0.492 e. The molecule has 0 heterocycles. The molecule has 6 nitrogen and oxygen atoms in total. The number of carbonyl (C=O) groups excluding carboxylic acids is 1. The predicted molar refractivity (Wildman–Crippen MR) is 110 cm³/mol. The summed E-state index contributed by atoms with van der Waals surface area (Å²) in [5, 5.41) is 3.39. The van der Waals surface area contributed by atoms with E-state index in [9.17, 15) is 13.2 Å². The second kappa shape index (κ2) is 10.5. The third-order valence-electron chi connectivity index (χ3n) is 4.16. The first kappa shape index (κ1) is 22.2. The summed E-state index contributed by atoms with van der Waals surface area (Å²) in [4.78, 5) is 12.1. The van der Waals surface area contributed by atoms with Crippen LogP contribution >= 0.6 is 11.6 Å². The van der Waals surface area contributed by atoms with Crippen LogP contribution in [0.25, 0.3) is 0 Å². The lowest BCUT2D eigenvalue weighted by molar-refractivity contribution is -0.121. The molecule has 0 aromatic heterocycles. The van der Waals surface area contributed by atoms with Crippen LogP contribution in [0.2, 0.25) is 5.02 Å². The highest BCUT2D eigenvalue weighted by Gasteiger charge is 2.19. The Morgan fingerprint density at radius 3 is 2.57 bits per heavy atom. The van der Waals surface area contributed by atoms with Gasteiger partial charge in [0, 0.05) is 25.0 Å². The van der Waals surface area contributed by atoms with E-state index in [0.29, 0.717) is 30.3 Å². The van der Waals surface area contributed by atoms with Crippen molar-refractivity contribution in [1.29, 1.82) is 0 Å². The average molecular weight is 425 g/mol. The van der Waals surface area contributed by atoms with E-state index < -0.39 is 10.0 Å². The lowest BCUT2D eigenvalue weighted by Gasteiger charge is -2.17. The standard InChI is InChI=1S/C20H25ClN2O4S/c1-16-10-11-17(15-19(16)21)27-14-12-22-20(24)9-6-13-23(2)28(25,26)18-7-4-3-5-8-18/h3-5,7-8,10-11,15H,6,9,12-14H2,1-2H3,(H,22,24). The predicted octanol–water partition coefficient (Wildman–Crippen LogP) is 3.24. The van der Waals surface area contributed by atoms with Gasteiger partial charge in [0.25, 0.3) is 0 Å². The highest BCUT2D eigenvalue weighted by Crippen LogP contribution is 2.21. The molecule has 2 aromatic carbocycles. The molecule has 8 heteroatoms. The van der Waals surface area contributed by atoms with Gasteiger partial charge in [0.2, 0.25) is 15.9 Å². The number of nitrogens with one attached hydrogen (secondary N) is 1. The van der Waals surface area contributed by atoms with Gasteiger partial charge in [-0.05, 0) is 43.2 Å². The Morgan fingerprint density at radius 1 is 1.18 bits per heavy atom. The number of sulfonamides is 1. The Labute approximate surface area is 171 Å². The van der Waals surface area contributed by atoms with E-state index in [1.165, 1.54) is 11.4 Å². The summed E-state index contributed by atoms with van der Waals surface area (Å²) < 4.78 is 31.6. The summed E-state index contributed by atoms with van der Waals surface area (Å²) in [6.45, 7) is 2.87. The largest absolute Gasteiger partial charge is 0.492 e. The van der Waals surface area contributed by atoms with E-state index in [1.807, 2.05) is 19.1 Å². The molecule has 0 unspecified atom stereocenters. The molecule has 0 aliphatic rings. The summed E-state index contributed by atoms with van der Waals surface area (Å²) >= 11 is 6.03. The van der Waals surface area contributed by atoms with Gasteiger partial charge in [-0.25, -0.2) is 12.7 Å². The molecular weight excluding hydrogens is 400 g/mol. The van der Waals surface area contributed by atoms with Gasteiger partial charge in [0.1, 0.15) is 12.4 Å². The van der Waals surface area contributed by atoms with E-state index in [-0.39, 0.29) is 23.8 Å². The van der Waals surface area contributed by atoms with Gasteiger partial charge >= 0.3 is 0 Å². The van der Waals surface area contributed by atoms with Crippen LogP contribution in [-0.4, -0.2) is 45.4 Å². The van der Waals surface area contributed by atoms with Gasteiger partial charge in [0.05, 0.1) is 11.4 Å². The molecule has 0 aliphatic heterocycles. The lowest BCUT2D eigenvalue weighted by atomic mass is 10.2. The minimum absolute atomic E-state index is 0.143. The first-order valence-corrected chi connectivity index (χ1v) is 10.8. The molecule has 2 rings (SSSR count). The Hall–Kier alpha value is -2.09. The van der Waals surface area contributed by atoms with Crippen molar-refractivity contribution in [2.24, 2.45) is 0 Å². The van der Waals surface area contributed by atoms with Crippen molar-refractivity contribution in [3.05, 3.63) is 59.1 Å². The first-order chi connectivity index (χ1) is 13.3. The Kier molecular flexibility index (Phi) is 8.29. The fourth-order valence-electron chi connectivity index (χ4n) is 2.47. The van der Waals surface area contributed by atoms with Gasteiger partial charge in [-0.15, -0.1) is 0 Å². The number of hydrogen-bond acceptors (Lipinski definition) is 4. The maximum absolute atomic E-state index is 12.4. The van der Waals surface area contributed by atoms with Gasteiger partial charge in [-0.2, -0.15) is 0 Å². The summed E-state index contributed by atoms with van der Waals surface area (Å²) in [5.41, 5.74) is 0.974. The number of amides is 1. The highest BCUT2D eigenvalue weighted by atomic mass is 35.5. The van der Waals surface area contributed by atoms with Gasteiger partial charge < -0.3 is 10.1 Å². The molecule has 0 saturated heterocycles. The average Bonchev–Trinajstić information content (AvgIpc) is 2.68. The molecule has 0 saturated carbocycles. The number of hydrogen-bond donors (Lipinski definition) is 1. The Morgan fingerprint density at radius 2 is 1.89 bits per heavy atom. The minimum atomic E-state index is -3.52. The summed E-state index contributed by atoms with van der Waals surface area (Å²) in [6.07, 6.45) is 0.674. The van der Waals surface area contributed by atoms with Crippen LogP contribution in [0.15, 0.2) is 53.4 Å². The van der Waals surface area contributed by atoms with Crippen molar-refractivity contribution in [2.75, 3.05) is 26.7 Å². The summed E-state index contributed by atoms with van der Waals surface area (Å²) in [6, 6.07) is 13.7. The topological polar surface area (TPSA) is 75.7 Å². The maximum atomic E-state index is 12.4. The Bertz CT molecular complexity index is 888. The van der Waals surface area contributed by atoms with Crippen LogP contribution in [0.4, 0.5) is 0 Å². The number of halogens is 1. The molecule has 28 heavy (non-hydrogen) atoms. The molecule has 0 radical (unpaired) electrons. The van der Waals surface area contributed by atoms with Gasteiger partial charge in [0.15, 0.2) is 0 Å². The SMILES string of the molecule is Cc1ccc(OCCNC(=O)CCCN(C)S(=O)(=O)c2ccccc2)cc1Cl. The van der Waals surface area contributed by atoms with Crippen molar-refractivity contribution in [3.63, 3.8) is 0 Å². The van der Waals surface area contributed by atoms with Crippen molar-refractivity contribution < 1.29 is 17.9 Å². The van der Waals surface area contributed by atoms with E-state index >= 15 is 0 Å². The molecule has 0 fully saturated rings. The molecule has 0 spiro atoms. The first-order valence-electron chi connectivity index (χ1n) is 8.98. The normalized spacial score (nSPS) is 11.4. The molecule has 1 N–H and O–H groups in total. The van der Waals surface area contributed by atoms with E-state index in [2.05, 4.69) is 5.32 Å². The molecule has 1 amide bonds. The summed E-state index contributed by atoms with van der Waals surface area (Å²) in [5.74, 6) is 0.508. The van der Waals surface area contributed by atoms with Crippen LogP contribution in [0.3, 0.4) is 0 Å². The van der Waals surface area contributed by atoms with Gasteiger partial charge in [-0.3, -0.25) is 4.79 Å². The van der Waals surface area contributed by atoms with Crippen molar-refractivity contribution >= 4 is 27.5 Å². The third-order valence-corrected chi connectivity index (χ3v) is 6.44. The molecule has 152 valence electrons. The van der Waals surface area contributed by atoms with Crippen molar-refractivity contribution in [2.45, 2.75) is 24.7 Å². The zero-order valence-corrected chi connectivity index (χ0v) is 17.6. The number of carbonyl (C=O) groups is 1. The molecule has 0 atom stereocenters. The van der Waals surface area contributed by atoms with E-state index in [4.69, 9.17) is 16.3 Å². The maximum Gasteiger partial charge on any atom is 0.242 e. The smallest absolute Gasteiger partial charge is 0.242 e. The fourth-order valence-corrected chi connectivity index (χ4v) is 3.87. The fraction of sp³-hybridized carbons (Fsp3) is 0.350. The molecule has 0 aliphatic carbocycles. The van der Waals surface area contributed by atoms with Crippen molar-refractivity contribution in [1.82, 2.24) is 9.62 Å². The second-order valence-corrected chi connectivity index (χ2v) is 8.80. The number of ether oxygens (including phenoxy) is 1. The van der Waals surface area contributed by atoms with Crippen LogP contribution in [0, 0.1) is 6.92 Å². The number of aryl methyl sites for hydroxylation is 1. The van der Waals surface area contributed by atoms with Crippen LogP contribution in [-0.2, 0) is 14.8 Å². The summed E-state index contributed by atoms with van der Waals surface area (Å²) in [7, 11) is -2.01. The third kappa shape index (κ3) is 6.51. The van der Waals surface area contributed by atoms with E-state index in [1.54, 1.807) is 36.4 Å². The highest BCUT2D eigenvalue weighted by molar-refractivity contribution is 7.89. The molecule has 0 bridgehead atoms. The zero-order valence-electron chi connectivity index (χ0n) is 16.0. The van der Waals surface area contributed by atoms with Crippen LogP contribution in [0.1, 0.15) is 18.4 Å². The molecular formula is C20H25ClN2O4S. The second-order valence-electron chi connectivity index (χ2n) is 6.35. The number of nitrogens with zero attached hydrogens (tertiary/aromatic N) is 1. The zero-order chi connectivity index (χ0) is 20.6. The number of benzene rings is 2. The lowest BCUT2D eigenvalue weighted by Crippen LogP contribution is -2.31. The van der Waals surface area contributed by atoms with E-state index in [0.717, 1.165) is 5.56 Å². The van der Waals surface area contributed by atoms with Crippen LogP contribution < -0.4 is 10.1 Å². The molecule has 2 aromatic rings. The number of rotatable bonds is 10. The monoisotopic (exact) mass is 424 g/mol. The quantitative estimate of drug-likeness (QED) is 0.594. The van der Waals surface area contributed by atoms with Crippen molar-refractivity contribution in [3.8, 4) is 5.75 Å². The Balaban J connectivity index is 1.66. The van der Waals surface area contributed by atoms with Crippen LogP contribution in [0.5, 0.6) is 5.75 Å². The van der Waals surface area contributed by atoms with Gasteiger partial charge in [-0.1, -0.05) is 35.9 Å².